The van der Waals surface area contributed by atoms with Crippen LogP contribution in [0.15, 0.2) is 0 Å². The van der Waals surface area contributed by atoms with Gasteiger partial charge in [-0.15, -0.1) is 0 Å². The Labute approximate surface area is 86.8 Å². The molecule has 0 aliphatic carbocycles. The number of thiol groups is 1. The Bertz CT molecular complexity index is 308. The summed E-state index contributed by atoms with van der Waals surface area (Å²) in [5, 5.41) is 0. The second-order valence-corrected chi connectivity index (χ2v) is 4.08. The molecule has 1 aromatic carbocycles. The van der Waals surface area contributed by atoms with Gasteiger partial charge in [-0.2, -0.15) is 12.6 Å². The van der Waals surface area contributed by atoms with E-state index in [0.717, 1.165) is 5.75 Å². The number of rotatable bonds is 1. The highest BCUT2D eigenvalue weighted by Crippen LogP contribution is 2.26. The van der Waals surface area contributed by atoms with Crippen molar-refractivity contribution >= 4 is 12.6 Å². The number of hydrogen-bond acceptors (Lipinski definition) is 1. The SMILES string of the molecule is Cc1c(C)c(C)c(CS)c(C)c1C. The number of hydrogen-bond donors (Lipinski definition) is 1. The maximum Gasteiger partial charge on any atom is 0.0159 e. The van der Waals surface area contributed by atoms with Crippen LogP contribution in [0.4, 0.5) is 0 Å². The van der Waals surface area contributed by atoms with Crippen LogP contribution in [0.5, 0.6) is 0 Å². The molecule has 0 N–H and O–H groups in total. The van der Waals surface area contributed by atoms with E-state index in [2.05, 4.69) is 47.2 Å². The first-order chi connectivity index (χ1) is 6.00. The minimum atomic E-state index is 0.847. The van der Waals surface area contributed by atoms with Gasteiger partial charge >= 0.3 is 0 Å². The molecule has 0 aliphatic rings. The molecule has 0 radical (unpaired) electrons. The molecule has 72 valence electrons. The summed E-state index contributed by atoms with van der Waals surface area (Å²) in [6.45, 7) is 11.0. The summed E-state index contributed by atoms with van der Waals surface area (Å²) in [5.41, 5.74) is 8.51. The van der Waals surface area contributed by atoms with Crippen LogP contribution in [0.2, 0.25) is 0 Å². The van der Waals surface area contributed by atoms with Crippen molar-refractivity contribution in [1.29, 1.82) is 0 Å². The molecule has 0 bridgehead atoms. The van der Waals surface area contributed by atoms with Crippen LogP contribution >= 0.6 is 12.6 Å². The second-order valence-electron chi connectivity index (χ2n) is 3.76. The molecule has 0 fully saturated rings. The van der Waals surface area contributed by atoms with Gasteiger partial charge in [-0.05, 0) is 68.0 Å². The van der Waals surface area contributed by atoms with Gasteiger partial charge in [0.15, 0.2) is 0 Å². The fraction of sp³-hybridized carbons (Fsp3) is 0.500. The van der Waals surface area contributed by atoms with Crippen molar-refractivity contribution < 1.29 is 0 Å². The summed E-state index contributed by atoms with van der Waals surface area (Å²) >= 11 is 4.38. The second kappa shape index (κ2) is 3.75. The van der Waals surface area contributed by atoms with E-state index in [4.69, 9.17) is 0 Å². The van der Waals surface area contributed by atoms with Crippen molar-refractivity contribution in [3.63, 3.8) is 0 Å². The molecular formula is C12H18S. The Morgan fingerprint density at radius 3 is 1.31 bits per heavy atom. The van der Waals surface area contributed by atoms with Gasteiger partial charge < -0.3 is 0 Å². The van der Waals surface area contributed by atoms with Crippen molar-refractivity contribution in [2.24, 2.45) is 0 Å². The van der Waals surface area contributed by atoms with Crippen LogP contribution in [0.1, 0.15) is 33.4 Å². The van der Waals surface area contributed by atoms with E-state index in [1.165, 1.54) is 33.4 Å². The third-order valence-electron chi connectivity index (χ3n) is 3.31. The summed E-state index contributed by atoms with van der Waals surface area (Å²) in [6, 6.07) is 0. The molecule has 0 heterocycles. The van der Waals surface area contributed by atoms with Crippen LogP contribution in [0, 0.1) is 34.6 Å². The van der Waals surface area contributed by atoms with Crippen LogP contribution in [-0.4, -0.2) is 0 Å². The quantitative estimate of drug-likeness (QED) is 0.648. The Hall–Kier alpha value is -0.430. The van der Waals surface area contributed by atoms with Gasteiger partial charge in [0.1, 0.15) is 0 Å². The van der Waals surface area contributed by atoms with E-state index in [-0.39, 0.29) is 0 Å². The van der Waals surface area contributed by atoms with E-state index in [1.807, 2.05) is 0 Å². The highest BCUT2D eigenvalue weighted by atomic mass is 32.1. The minimum absolute atomic E-state index is 0.847. The average Bonchev–Trinajstić information content (AvgIpc) is 2.13. The van der Waals surface area contributed by atoms with Crippen LogP contribution in [0.3, 0.4) is 0 Å². The molecule has 0 saturated heterocycles. The summed E-state index contributed by atoms with van der Waals surface area (Å²) in [6.07, 6.45) is 0. The average molecular weight is 194 g/mol. The minimum Gasteiger partial charge on any atom is -0.175 e. The summed E-state index contributed by atoms with van der Waals surface area (Å²) < 4.78 is 0. The molecule has 1 rings (SSSR count). The van der Waals surface area contributed by atoms with Crippen LogP contribution < -0.4 is 0 Å². The van der Waals surface area contributed by atoms with Crippen molar-refractivity contribution in [1.82, 2.24) is 0 Å². The lowest BCUT2D eigenvalue weighted by Crippen LogP contribution is -2.00. The van der Waals surface area contributed by atoms with Crippen LogP contribution in [0.25, 0.3) is 0 Å². The first-order valence-corrected chi connectivity index (χ1v) is 5.30. The number of benzene rings is 1. The fourth-order valence-corrected chi connectivity index (χ4v) is 2.29. The molecule has 13 heavy (non-hydrogen) atoms. The fourth-order valence-electron chi connectivity index (χ4n) is 1.81. The topological polar surface area (TPSA) is 0 Å². The third-order valence-corrected chi connectivity index (χ3v) is 3.63. The molecule has 1 aromatic rings. The lowest BCUT2D eigenvalue weighted by atomic mass is 9.90. The zero-order valence-corrected chi connectivity index (χ0v) is 10.0. The van der Waals surface area contributed by atoms with Gasteiger partial charge in [0.2, 0.25) is 0 Å². The van der Waals surface area contributed by atoms with Crippen molar-refractivity contribution in [3.8, 4) is 0 Å². The van der Waals surface area contributed by atoms with Gasteiger partial charge in [-0.25, -0.2) is 0 Å². The summed E-state index contributed by atoms with van der Waals surface area (Å²) in [7, 11) is 0. The normalized spacial score (nSPS) is 10.6. The Kier molecular flexibility index (Phi) is 3.07. The van der Waals surface area contributed by atoms with Gasteiger partial charge in [-0.3, -0.25) is 0 Å². The molecule has 0 nitrogen and oxygen atoms in total. The van der Waals surface area contributed by atoms with Crippen LogP contribution in [-0.2, 0) is 5.75 Å². The first-order valence-electron chi connectivity index (χ1n) is 4.67. The van der Waals surface area contributed by atoms with E-state index >= 15 is 0 Å². The largest absolute Gasteiger partial charge is 0.175 e. The highest BCUT2D eigenvalue weighted by Gasteiger charge is 2.10. The van der Waals surface area contributed by atoms with Gasteiger partial charge in [-0.1, -0.05) is 0 Å². The monoisotopic (exact) mass is 194 g/mol. The van der Waals surface area contributed by atoms with Gasteiger partial charge in [0.25, 0.3) is 0 Å². The summed E-state index contributed by atoms with van der Waals surface area (Å²) in [5.74, 6) is 0.847. The lowest BCUT2D eigenvalue weighted by Gasteiger charge is -2.17. The molecule has 0 atom stereocenters. The molecule has 1 heteroatoms. The Morgan fingerprint density at radius 1 is 0.692 bits per heavy atom. The van der Waals surface area contributed by atoms with Gasteiger partial charge in [0, 0.05) is 5.75 Å². The first kappa shape index (κ1) is 10.6. The van der Waals surface area contributed by atoms with Crippen molar-refractivity contribution in [2.75, 3.05) is 0 Å². The van der Waals surface area contributed by atoms with Crippen molar-refractivity contribution in [2.45, 2.75) is 40.4 Å². The smallest absolute Gasteiger partial charge is 0.0159 e. The molecule has 0 aromatic heterocycles. The van der Waals surface area contributed by atoms with E-state index < -0.39 is 0 Å². The van der Waals surface area contributed by atoms with Gasteiger partial charge in [0.05, 0.1) is 0 Å². The molecular weight excluding hydrogens is 176 g/mol. The maximum absolute atomic E-state index is 4.38. The zero-order chi connectivity index (χ0) is 10.2. The molecule has 0 amide bonds. The molecule has 0 aliphatic heterocycles. The lowest BCUT2D eigenvalue weighted by molar-refractivity contribution is 1.12. The standard InChI is InChI=1S/C12H18S/c1-7-8(2)10(4)12(6-13)11(5)9(7)3/h13H,6H2,1-5H3. The maximum atomic E-state index is 4.38. The predicted molar refractivity (Wildman–Crippen MR) is 62.8 cm³/mol. The molecule has 0 unspecified atom stereocenters. The van der Waals surface area contributed by atoms with E-state index in [0.29, 0.717) is 0 Å². The zero-order valence-electron chi connectivity index (χ0n) is 9.15. The predicted octanol–water partition coefficient (Wildman–Crippen LogP) is 3.66. The summed E-state index contributed by atoms with van der Waals surface area (Å²) in [4.78, 5) is 0. The molecule has 0 saturated carbocycles. The Balaban J connectivity index is 3.56. The molecule has 0 spiro atoms. The highest BCUT2D eigenvalue weighted by molar-refractivity contribution is 7.79. The van der Waals surface area contributed by atoms with Crippen molar-refractivity contribution in [3.05, 3.63) is 33.4 Å². The Morgan fingerprint density at radius 2 is 1.00 bits per heavy atom. The van der Waals surface area contributed by atoms with E-state index in [9.17, 15) is 0 Å². The third kappa shape index (κ3) is 1.62. The van der Waals surface area contributed by atoms with E-state index in [1.54, 1.807) is 0 Å².